The number of hydrogen-bond acceptors (Lipinski definition) is 3. The van der Waals surface area contributed by atoms with Gasteiger partial charge in [-0.25, -0.2) is 17.6 Å². The van der Waals surface area contributed by atoms with E-state index >= 15 is 0 Å². The molecule has 130 valence electrons. The summed E-state index contributed by atoms with van der Waals surface area (Å²) in [5.41, 5.74) is -0.770. The average Bonchev–Trinajstić information content (AvgIpc) is 2.33. The first-order valence-electron chi connectivity index (χ1n) is 7.68. The summed E-state index contributed by atoms with van der Waals surface area (Å²) in [5.74, 6) is -4.01. The largest absolute Gasteiger partial charge is 1.00 e. The number of halogens is 4. The van der Waals surface area contributed by atoms with Crippen molar-refractivity contribution in [3.63, 3.8) is 0 Å². The van der Waals surface area contributed by atoms with Gasteiger partial charge in [0.25, 0.3) is 10.1 Å². The van der Waals surface area contributed by atoms with Crippen LogP contribution in [0.25, 0.3) is 0 Å². The van der Waals surface area contributed by atoms with E-state index in [1.807, 2.05) is 0 Å². The summed E-state index contributed by atoms with van der Waals surface area (Å²) in [6.45, 7) is 0. The van der Waals surface area contributed by atoms with Crippen molar-refractivity contribution in [1.82, 2.24) is 0 Å². The Morgan fingerprint density at radius 1 is 1.09 bits per heavy atom. The monoisotopic (exact) mass is 368 g/mol. The molecule has 4 rings (SSSR count). The Kier molecular flexibility index (Phi) is 5.85. The van der Waals surface area contributed by atoms with Crippen LogP contribution in [0.2, 0.25) is 0 Å². The second-order valence-electron chi connectivity index (χ2n) is 7.26. The zero-order chi connectivity index (χ0) is 16.2. The summed E-state index contributed by atoms with van der Waals surface area (Å²) in [7, 11) is -4.22. The maximum atomic E-state index is 12.9. The number of hydrogen-bond donors (Lipinski definition) is 0. The van der Waals surface area contributed by atoms with Gasteiger partial charge in [-0.1, -0.05) is 0 Å². The fourth-order valence-electron chi connectivity index (χ4n) is 4.81. The zero-order valence-corrected chi connectivity index (χ0v) is 15.9. The molecule has 4 aliphatic carbocycles. The van der Waals surface area contributed by atoms with E-state index in [2.05, 4.69) is 0 Å². The van der Waals surface area contributed by atoms with Gasteiger partial charge in [-0.2, -0.15) is 8.42 Å². The Bertz CT molecular complexity index is 509. The molecule has 0 heterocycles. The molecule has 0 aromatic heterocycles. The maximum absolute atomic E-state index is 12.9. The Hall–Kier alpha value is 0.630. The molecule has 0 spiro atoms. The SMILES string of the molecule is O=S(=O)(CCC(F)(F)C(F)F)OC12CC3CC(CC(C3)C1)C2.[H-].[Na+]. The van der Waals surface area contributed by atoms with Gasteiger partial charge in [0, 0.05) is 6.42 Å². The normalized spacial score (nSPS) is 36.3. The van der Waals surface area contributed by atoms with Gasteiger partial charge in [0.15, 0.2) is 0 Å². The predicted molar refractivity (Wildman–Crippen MR) is 72.5 cm³/mol. The van der Waals surface area contributed by atoms with Gasteiger partial charge in [-0.3, -0.25) is 4.18 Å². The van der Waals surface area contributed by atoms with Crippen molar-refractivity contribution in [1.29, 1.82) is 0 Å². The Morgan fingerprint density at radius 2 is 1.52 bits per heavy atom. The van der Waals surface area contributed by atoms with E-state index in [4.69, 9.17) is 4.18 Å². The van der Waals surface area contributed by atoms with Crippen molar-refractivity contribution in [3.05, 3.63) is 0 Å². The second kappa shape index (κ2) is 6.74. The molecule has 23 heavy (non-hydrogen) atoms. The maximum Gasteiger partial charge on any atom is 1.00 e. The van der Waals surface area contributed by atoms with Crippen LogP contribution in [0.1, 0.15) is 46.4 Å². The zero-order valence-electron chi connectivity index (χ0n) is 14.1. The molecule has 9 heteroatoms. The van der Waals surface area contributed by atoms with Crippen LogP contribution < -0.4 is 29.6 Å². The third kappa shape index (κ3) is 4.43. The minimum Gasteiger partial charge on any atom is -1.00 e. The van der Waals surface area contributed by atoms with Crippen LogP contribution in [0.4, 0.5) is 17.6 Å². The van der Waals surface area contributed by atoms with Crippen LogP contribution in [0, 0.1) is 17.8 Å². The minimum atomic E-state index is -4.29. The van der Waals surface area contributed by atoms with Crippen molar-refractivity contribution in [2.75, 3.05) is 5.75 Å². The molecule has 0 aromatic carbocycles. The van der Waals surface area contributed by atoms with Crippen molar-refractivity contribution >= 4 is 10.1 Å². The first kappa shape index (κ1) is 19.9. The first-order valence-corrected chi connectivity index (χ1v) is 9.26. The van der Waals surface area contributed by atoms with Crippen LogP contribution in [-0.2, 0) is 14.3 Å². The van der Waals surface area contributed by atoms with E-state index in [1.54, 1.807) is 0 Å². The smallest absolute Gasteiger partial charge is 1.00 e. The molecular formula is C14H21F4NaO3S. The number of alkyl halides is 4. The van der Waals surface area contributed by atoms with Gasteiger partial charge in [-0.05, 0) is 56.3 Å². The molecule has 4 aliphatic rings. The average molecular weight is 368 g/mol. The molecular weight excluding hydrogens is 347 g/mol. The van der Waals surface area contributed by atoms with Gasteiger partial charge < -0.3 is 1.43 Å². The van der Waals surface area contributed by atoms with Crippen LogP contribution in [0.3, 0.4) is 0 Å². The molecule has 0 N–H and O–H groups in total. The van der Waals surface area contributed by atoms with Crippen molar-refractivity contribution in [2.45, 2.75) is 62.9 Å². The first-order chi connectivity index (χ1) is 10.1. The summed E-state index contributed by atoms with van der Waals surface area (Å²) < 4.78 is 79.3. The van der Waals surface area contributed by atoms with Crippen molar-refractivity contribution in [2.24, 2.45) is 17.8 Å². The van der Waals surface area contributed by atoms with E-state index in [9.17, 15) is 26.0 Å². The molecule has 4 saturated carbocycles. The fraction of sp³-hybridized carbons (Fsp3) is 1.00. The Morgan fingerprint density at radius 3 is 1.91 bits per heavy atom. The van der Waals surface area contributed by atoms with Gasteiger partial charge in [0.2, 0.25) is 0 Å². The number of rotatable bonds is 6. The van der Waals surface area contributed by atoms with E-state index in [0.29, 0.717) is 37.0 Å². The molecule has 0 saturated heterocycles. The molecule has 0 amide bonds. The predicted octanol–water partition coefficient (Wildman–Crippen LogP) is 0.709. The van der Waals surface area contributed by atoms with E-state index < -0.39 is 40.2 Å². The van der Waals surface area contributed by atoms with Crippen molar-refractivity contribution < 1.29 is 61.1 Å². The quantitative estimate of drug-likeness (QED) is 0.394. The fourth-order valence-corrected chi connectivity index (χ4v) is 6.16. The van der Waals surface area contributed by atoms with Gasteiger partial charge >= 0.3 is 41.9 Å². The van der Waals surface area contributed by atoms with Crippen LogP contribution in [0.5, 0.6) is 0 Å². The topological polar surface area (TPSA) is 43.4 Å². The summed E-state index contributed by atoms with van der Waals surface area (Å²) in [5, 5.41) is 0. The summed E-state index contributed by atoms with van der Waals surface area (Å²) in [4.78, 5) is 0. The van der Waals surface area contributed by atoms with E-state index in [-0.39, 0.29) is 31.0 Å². The third-order valence-corrected chi connectivity index (χ3v) is 6.60. The molecule has 0 radical (unpaired) electrons. The Balaban J connectivity index is 0.00000144. The van der Waals surface area contributed by atoms with Gasteiger partial charge in [-0.15, -0.1) is 0 Å². The van der Waals surface area contributed by atoms with E-state index in [1.165, 1.54) is 0 Å². The molecule has 0 aliphatic heterocycles. The summed E-state index contributed by atoms with van der Waals surface area (Å²) in [6, 6.07) is 0. The van der Waals surface area contributed by atoms with Crippen LogP contribution >= 0.6 is 0 Å². The second-order valence-corrected chi connectivity index (χ2v) is 8.95. The molecule has 3 nitrogen and oxygen atoms in total. The summed E-state index contributed by atoms with van der Waals surface area (Å²) in [6.07, 6.45) is -0.0673. The summed E-state index contributed by atoms with van der Waals surface area (Å²) >= 11 is 0. The van der Waals surface area contributed by atoms with Gasteiger partial charge in [0.05, 0.1) is 11.4 Å². The standard InChI is InChI=1S/C14H20F4O3S.Na.H/c15-12(16)14(17,18)1-2-22(19,20)21-13-6-9-3-10(7-13)5-11(4-9)8-13;;/h9-12H,1-8H2;;/q;+1;-1. The molecule has 4 fully saturated rings. The van der Waals surface area contributed by atoms with E-state index in [0.717, 1.165) is 19.3 Å². The van der Waals surface area contributed by atoms with Gasteiger partial charge in [0.1, 0.15) is 0 Å². The molecule has 0 atom stereocenters. The van der Waals surface area contributed by atoms with Crippen LogP contribution in [0.15, 0.2) is 0 Å². The van der Waals surface area contributed by atoms with Crippen molar-refractivity contribution in [3.8, 4) is 0 Å². The Labute approximate surface area is 157 Å². The molecule has 0 aromatic rings. The van der Waals surface area contributed by atoms with Crippen LogP contribution in [-0.4, -0.2) is 32.1 Å². The molecule has 0 unspecified atom stereocenters. The minimum absolute atomic E-state index is 0. The third-order valence-electron chi connectivity index (χ3n) is 5.29. The molecule has 4 bridgehead atoms.